The lowest BCUT2D eigenvalue weighted by molar-refractivity contribution is -0.128. The second kappa shape index (κ2) is 10.3. The largest absolute Gasteiger partial charge is 0.474 e. The highest BCUT2D eigenvalue weighted by molar-refractivity contribution is 7.19. The first-order chi connectivity index (χ1) is 16.6. The Bertz CT molecular complexity index is 1070. The number of methoxy groups -OCH3 is 1. The van der Waals surface area contributed by atoms with Crippen LogP contribution in [0.5, 0.6) is 5.88 Å². The van der Waals surface area contributed by atoms with Gasteiger partial charge in [-0.05, 0) is 77.2 Å². The molecule has 2 N–H and O–H groups in total. The minimum Gasteiger partial charge on any atom is -0.474 e. The van der Waals surface area contributed by atoms with Crippen LogP contribution >= 0.6 is 11.3 Å². The molecule has 10 heteroatoms. The van der Waals surface area contributed by atoms with Crippen LogP contribution < -0.4 is 10.5 Å². The van der Waals surface area contributed by atoms with Crippen LogP contribution in [-0.2, 0) is 20.7 Å². The van der Waals surface area contributed by atoms with Gasteiger partial charge in [0.25, 0.3) is 0 Å². The van der Waals surface area contributed by atoms with Crippen LogP contribution in [-0.4, -0.2) is 64.9 Å². The van der Waals surface area contributed by atoms with Gasteiger partial charge in [-0.3, -0.25) is 4.79 Å². The first kappa shape index (κ1) is 25.6. The fraction of sp³-hybridized carbons (Fsp3) is 0.680. The van der Waals surface area contributed by atoms with E-state index in [1.807, 2.05) is 27.8 Å². The van der Waals surface area contributed by atoms with Gasteiger partial charge in [-0.1, -0.05) is 0 Å². The summed E-state index contributed by atoms with van der Waals surface area (Å²) < 4.78 is 17.3. The molecule has 2 aliphatic carbocycles. The van der Waals surface area contributed by atoms with Crippen molar-refractivity contribution in [2.24, 2.45) is 5.73 Å². The number of carbonyl (C=O) groups excluding carboxylic acids is 2. The van der Waals surface area contributed by atoms with Crippen molar-refractivity contribution >= 4 is 33.6 Å². The summed E-state index contributed by atoms with van der Waals surface area (Å²) in [5.74, 6) is 0.320. The van der Waals surface area contributed by atoms with Gasteiger partial charge in [0.05, 0.1) is 5.39 Å². The highest BCUT2D eigenvalue weighted by Gasteiger charge is 2.34. The first-order valence-corrected chi connectivity index (χ1v) is 13.1. The van der Waals surface area contributed by atoms with Crippen LogP contribution in [0.15, 0.2) is 6.33 Å². The van der Waals surface area contributed by atoms with Crippen LogP contribution in [0.2, 0.25) is 0 Å². The van der Waals surface area contributed by atoms with E-state index in [0.717, 1.165) is 48.7 Å². The number of hydrogen-bond acceptors (Lipinski definition) is 8. The molecule has 0 saturated heterocycles. The van der Waals surface area contributed by atoms with Gasteiger partial charge in [0.1, 0.15) is 29.0 Å². The van der Waals surface area contributed by atoms with Gasteiger partial charge in [0.15, 0.2) is 0 Å². The monoisotopic (exact) mass is 504 g/mol. The second-order valence-electron chi connectivity index (χ2n) is 10.5. The van der Waals surface area contributed by atoms with Crippen molar-refractivity contribution in [3.05, 3.63) is 16.8 Å². The summed E-state index contributed by atoms with van der Waals surface area (Å²) in [4.78, 5) is 37.1. The van der Waals surface area contributed by atoms with Crippen LogP contribution in [0.1, 0.15) is 75.7 Å². The Morgan fingerprint density at radius 1 is 1.20 bits per heavy atom. The molecule has 0 aromatic carbocycles. The third kappa shape index (κ3) is 5.69. The van der Waals surface area contributed by atoms with E-state index < -0.39 is 17.6 Å². The summed E-state index contributed by atoms with van der Waals surface area (Å²) in [6.07, 6.45) is 6.43. The van der Waals surface area contributed by atoms with Crippen LogP contribution in [0.25, 0.3) is 10.2 Å². The van der Waals surface area contributed by atoms with Gasteiger partial charge >= 0.3 is 6.09 Å². The van der Waals surface area contributed by atoms with Gasteiger partial charge in [0.2, 0.25) is 11.8 Å². The first-order valence-electron chi connectivity index (χ1n) is 12.3. The predicted molar refractivity (Wildman–Crippen MR) is 134 cm³/mol. The minimum absolute atomic E-state index is 0.0177. The Labute approximate surface area is 210 Å². The molecule has 2 amide bonds. The Hall–Kier alpha value is -2.46. The number of hydrogen-bond donors (Lipinski definition) is 1. The Balaban J connectivity index is 1.46. The maximum absolute atomic E-state index is 12.4. The number of amides is 2. The third-order valence-corrected chi connectivity index (χ3v) is 8.12. The molecule has 0 spiro atoms. The molecule has 1 saturated carbocycles. The molecule has 192 valence electrons. The van der Waals surface area contributed by atoms with Crippen molar-refractivity contribution in [2.75, 3.05) is 14.2 Å². The molecule has 1 fully saturated rings. The van der Waals surface area contributed by atoms with Crippen LogP contribution in [0.3, 0.4) is 0 Å². The SMILES string of the molecule is COC(C[C@H]1CCc2sc3ncnc(OC4CCC(N(C)C(=O)OC(C)(C)C)CC4)c3c21)C(N)=O. The van der Waals surface area contributed by atoms with Crippen LogP contribution in [0.4, 0.5) is 4.79 Å². The highest BCUT2D eigenvalue weighted by Crippen LogP contribution is 2.48. The number of aryl methyl sites for hydroxylation is 1. The summed E-state index contributed by atoms with van der Waals surface area (Å²) in [6.45, 7) is 5.63. The second-order valence-corrected chi connectivity index (χ2v) is 11.6. The number of nitrogens with two attached hydrogens (primary N) is 1. The van der Waals surface area contributed by atoms with Crippen molar-refractivity contribution in [1.82, 2.24) is 14.9 Å². The molecule has 2 aromatic rings. The van der Waals surface area contributed by atoms with Crippen molar-refractivity contribution in [3.63, 3.8) is 0 Å². The zero-order chi connectivity index (χ0) is 25.3. The predicted octanol–water partition coefficient (Wildman–Crippen LogP) is 4.17. The minimum atomic E-state index is -0.618. The normalized spacial score (nSPS) is 23.1. The number of rotatable bonds is 7. The molecule has 0 bridgehead atoms. The molecule has 1 unspecified atom stereocenters. The van der Waals surface area contributed by atoms with E-state index >= 15 is 0 Å². The van der Waals surface area contributed by atoms with Crippen molar-refractivity contribution in [3.8, 4) is 5.88 Å². The van der Waals surface area contributed by atoms with Gasteiger partial charge in [-0.2, -0.15) is 0 Å². The summed E-state index contributed by atoms with van der Waals surface area (Å²) in [7, 11) is 3.33. The lowest BCUT2D eigenvalue weighted by Gasteiger charge is -2.35. The number of thiophene rings is 1. The molecule has 9 nitrogen and oxygen atoms in total. The average molecular weight is 505 g/mol. The fourth-order valence-electron chi connectivity index (χ4n) is 5.14. The van der Waals surface area contributed by atoms with Crippen LogP contribution in [0, 0.1) is 0 Å². The zero-order valence-electron chi connectivity index (χ0n) is 21.2. The lowest BCUT2D eigenvalue weighted by Crippen LogP contribution is -2.43. The van der Waals surface area contributed by atoms with E-state index in [4.69, 9.17) is 19.9 Å². The zero-order valence-corrected chi connectivity index (χ0v) is 22.0. The van der Waals surface area contributed by atoms with E-state index in [-0.39, 0.29) is 24.2 Å². The highest BCUT2D eigenvalue weighted by atomic mass is 32.1. The molecular formula is C25H36N4O5S. The molecule has 35 heavy (non-hydrogen) atoms. The van der Waals surface area contributed by atoms with E-state index in [0.29, 0.717) is 12.3 Å². The fourth-order valence-corrected chi connectivity index (χ4v) is 6.37. The van der Waals surface area contributed by atoms with Gasteiger partial charge in [-0.15, -0.1) is 11.3 Å². The van der Waals surface area contributed by atoms with Crippen molar-refractivity contribution in [1.29, 1.82) is 0 Å². The topological polar surface area (TPSA) is 117 Å². The summed E-state index contributed by atoms with van der Waals surface area (Å²) in [5.41, 5.74) is 6.20. The number of nitrogens with zero attached hydrogens (tertiary/aromatic N) is 3. The third-order valence-electron chi connectivity index (χ3n) is 6.95. The van der Waals surface area contributed by atoms with Crippen molar-refractivity contribution < 1.29 is 23.8 Å². The summed E-state index contributed by atoms with van der Waals surface area (Å²) in [6, 6.07) is 0.129. The molecule has 4 rings (SSSR count). The summed E-state index contributed by atoms with van der Waals surface area (Å²) in [5, 5.41) is 0.960. The number of carbonyl (C=O) groups is 2. The molecule has 2 atom stereocenters. The van der Waals surface area contributed by atoms with E-state index in [1.54, 1.807) is 22.6 Å². The Kier molecular flexibility index (Phi) is 7.51. The Morgan fingerprint density at radius 2 is 1.91 bits per heavy atom. The maximum Gasteiger partial charge on any atom is 0.410 e. The molecule has 0 aliphatic heterocycles. The standard InChI is InChI=1S/C25H36N4O5S/c1-25(2,3)34-24(31)29(4)15-7-9-16(10-8-15)33-22-20-19-14(12-17(32-5)21(26)30)6-11-18(19)35-23(20)28-13-27-22/h13-17H,6-12H2,1-5H3,(H2,26,30)/t14-,15?,16?,17?/m1/s1. The lowest BCUT2D eigenvalue weighted by atomic mass is 9.92. The van der Waals surface area contributed by atoms with Crippen molar-refractivity contribution in [2.45, 2.75) is 95.5 Å². The smallest absolute Gasteiger partial charge is 0.410 e. The van der Waals surface area contributed by atoms with Gasteiger partial charge in [-0.25, -0.2) is 14.8 Å². The number of primary amides is 1. The number of fused-ring (bicyclic) bond motifs is 3. The van der Waals surface area contributed by atoms with Gasteiger partial charge in [0, 0.05) is 25.1 Å². The molecular weight excluding hydrogens is 468 g/mol. The number of aromatic nitrogens is 2. The molecule has 2 aliphatic rings. The van der Waals surface area contributed by atoms with E-state index in [1.165, 1.54) is 17.6 Å². The van der Waals surface area contributed by atoms with E-state index in [9.17, 15) is 9.59 Å². The maximum atomic E-state index is 12.4. The average Bonchev–Trinajstić information content (AvgIpc) is 3.35. The quantitative estimate of drug-likeness (QED) is 0.601. The number of ether oxygens (including phenoxy) is 3. The Morgan fingerprint density at radius 3 is 2.54 bits per heavy atom. The van der Waals surface area contributed by atoms with Gasteiger partial charge < -0.3 is 24.8 Å². The molecule has 2 heterocycles. The molecule has 0 radical (unpaired) electrons. The summed E-state index contributed by atoms with van der Waals surface area (Å²) >= 11 is 1.68. The van der Waals surface area contributed by atoms with E-state index in [2.05, 4.69) is 9.97 Å². The molecule has 2 aromatic heterocycles.